The lowest BCUT2D eigenvalue weighted by molar-refractivity contribution is -0.255. The smallest absolute Gasteiger partial charge is 0.261 e. The molecule has 7 heteroatoms. The average Bonchev–Trinajstić information content (AvgIpc) is 2.41. The Morgan fingerprint density at radius 2 is 1.55 bits per heavy atom. The van der Waals surface area contributed by atoms with Crippen molar-refractivity contribution in [2.75, 3.05) is 4.72 Å². The van der Waals surface area contributed by atoms with Crippen LogP contribution in [0, 0.1) is 3.57 Å². The monoisotopic (exact) mass is 402 g/mol. The van der Waals surface area contributed by atoms with Crippen molar-refractivity contribution in [1.82, 2.24) is 0 Å². The van der Waals surface area contributed by atoms with Gasteiger partial charge in [0.15, 0.2) is 0 Å². The summed E-state index contributed by atoms with van der Waals surface area (Å²) in [6.07, 6.45) is 0. The van der Waals surface area contributed by atoms with Gasteiger partial charge in [0.2, 0.25) is 0 Å². The van der Waals surface area contributed by atoms with Crippen LogP contribution < -0.4 is 9.83 Å². The van der Waals surface area contributed by atoms with Gasteiger partial charge in [-0.25, -0.2) is 8.42 Å². The molecule has 0 fully saturated rings. The zero-order valence-electron chi connectivity index (χ0n) is 10.0. The molecule has 0 saturated heterocycles. The van der Waals surface area contributed by atoms with Gasteiger partial charge in [-0.1, -0.05) is 12.1 Å². The summed E-state index contributed by atoms with van der Waals surface area (Å²) in [5.41, 5.74) is 0.368. The van der Waals surface area contributed by atoms with E-state index < -0.39 is 16.0 Å². The Kier molecular flexibility index (Phi) is 4.29. The summed E-state index contributed by atoms with van der Waals surface area (Å²) < 4.78 is 27.6. The molecule has 2 aromatic rings. The van der Waals surface area contributed by atoms with E-state index >= 15 is 0 Å². The molecule has 0 unspecified atom stereocenters. The first kappa shape index (κ1) is 14.8. The molecule has 0 amide bonds. The molecule has 0 aliphatic heterocycles. The van der Waals surface area contributed by atoms with Gasteiger partial charge in [0.05, 0.1) is 10.9 Å². The van der Waals surface area contributed by atoms with Crippen molar-refractivity contribution in [1.29, 1.82) is 0 Å². The molecule has 104 valence electrons. The lowest BCUT2D eigenvalue weighted by atomic mass is 10.2. The highest BCUT2D eigenvalue weighted by atomic mass is 127. The van der Waals surface area contributed by atoms with Crippen LogP contribution in [-0.4, -0.2) is 14.4 Å². The number of sulfonamides is 1. The zero-order chi connectivity index (χ0) is 14.8. The van der Waals surface area contributed by atoms with Crippen LogP contribution in [0.2, 0.25) is 0 Å². The fourth-order valence-electron chi connectivity index (χ4n) is 1.50. The summed E-state index contributed by atoms with van der Waals surface area (Å²) in [5.74, 6) is -1.35. The predicted molar refractivity (Wildman–Crippen MR) is 80.7 cm³/mol. The first-order valence-corrected chi connectivity index (χ1v) is 8.04. The number of halogens is 1. The molecule has 0 aromatic heterocycles. The number of carbonyl (C=O) groups excluding carboxylic acids is 1. The summed E-state index contributed by atoms with van der Waals surface area (Å²) in [5, 5.41) is 10.6. The molecule has 0 aliphatic carbocycles. The van der Waals surface area contributed by atoms with E-state index in [1.165, 1.54) is 24.3 Å². The highest BCUT2D eigenvalue weighted by Gasteiger charge is 2.13. The van der Waals surface area contributed by atoms with Gasteiger partial charge in [-0.2, -0.15) is 0 Å². The largest absolute Gasteiger partial charge is 0.545 e. The van der Waals surface area contributed by atoms with Crippen molar-refractivity contribution >= 4 is 44.3 Å². The van der Waals surface area contributed by atoms with E-state index in [4.69, 9.17) is 0 Å². The third-order valence-electron chi connectivity index (χ3n) is 2.50. The van der Waals surface area contributed by atoms with Crippen LogP contribution >= 0.6 is 22.6 Å². The number of hydrogen-bond donors (Lipinski definition) is 1. The number of nitrogens with one attached hydrogen (secondary N) is 1. The number of carboxylic acids is 1. The van der Waals surface area contributed by atoms with Crippen molar-refractivity contribution in [3.8, 4) is 0 Å². The van der Waals surface area contributed by atoms with Crippen LogP contribution in [0.25, 0.3) is 0 Å². The second-order valence-corrected chi connectivity index (χ2v) is 6.85. The van der Waals surface area contributed by atoms with E-state index in [-0.39, 0.29) is 10.5 Å². The Morgan fingerprint density at radius 3 is 2.05 bits per heavy atom. The average molecular weight is 402 g/mol. The molecule has 0 aliphatic rings. The van der Waals surface area contributed by atoms with Crippen LogP contribution in [0.3, 0.4) is 0 Å². The van der Waals surface area contributed by atoms with E-state index in [0.717, 1.165) is 3.57 Å². The number of rotatable bonds is 4. The van der Waals surface area contributed by atoms with Crippen LogP contribution in [0.1, 0.15) is 10.4 Å². The highest BCUT2D eigenvalue weighted by Crippen LogP contribution is 2.17. The van der Waals surface area contributed by atoms with Crippen molar-refractivity contribution in [2.45, 2.75) is 4.90 Å². The Labute approximate surface area is 129 Å². The number of carbonyl (C=O) groups is 1. The van der Waals surface area contributed by atoms with Crippen LogP contribution in [0.4, 0.5) is 5.69 Å². The van der Waals surface area contributed by atoms with Crippen LogP contribution in [0.15, 0.2) is 53.4 Å². The SMILES string of the molecule is O=C([O-])c1ccc(S(=O)(=O)Nc2ccc(I)cc2)cc1. The molecule has 0 saturated carbocycles. The molecule has 0 bridgehead atoms. The molecule has 1 N–H and O–H groups in total. The van der Waals surface area contributed by atoms with Gasteiger partial charge in [-0.3, -0.25) is 4.72 Å². The van der Waals surface area contributed by atoms with Gasteiger partial charge in [-0.05, 0) is 64.6 Å². The standard InChI is InChI=1S/C13H10INO4S/c14-10-3-5-11(6-4-10)15-20(18,19)12-7-1-9(2-8-12)13(16)17/h1-8,15H,(H,16,17)/p-1. The predicted octanol–water partition coefficient (Wildman–Crippen LogP) is 1.46. The molecule has 0 radical (unpaired) electrons. The third-order valence-corrected chi connectivity index (χ3v) is 4.61. The second kappa shape index (κ2) is 5.80. The second-order valence-electron chi connectivity index (χ2n) is 3.92. The summed E-state index contributed by atoms with van der Waals surface area (Å²) in [6, 6.07) is 11.7. The Morgan fingerprint density at radius 1 is 1.00 bits per heavy atom. The number of anilines is 1. The Bertz CT molecular complexity index is 724. The molecule has 2 rings (SSSR count). The molecule has 2 aromatic carbocycles. The first-order valence-electron chi connectivity index (χ1n) is 5.48. The molecule has 0 heterocycles. The van der Waals surface area contributed by atoms with Crippen molar-refractivity contribution < 1.29 is 18.3 Å². The topological polar surface area (TPSA) is 86.3 Å². The van der Waals surface area contributed by atoms with E-state index in [0.29, 0.717) is 5.69 Å². The van der Waals surface area contributed by atoms with Crippen molar-refractivity contribution in [3.63, 3.8) is 0 Å². The van der Waals surface area contributed by atoms with Gasteiger partial charge in [-0.15, -0.1) is 0 Å². The summed E-state index contributed by atoms with van der Waals surface area (Å²) >= 11 is 2.12. The minimum absolute atomic E-state index is 0.0129. The van der Waals surface area contributed by atoms with Gasteiger partial charge < -0.3 is 9.90 Å². The van der Waals surface area contributed by atoms with Crippen LogP contribution in [-0.2, 0) is 10.0 Å². The van der Waals surface area contributed by atoms with Gasteiger partial charge in [0.1, 0.15) is 0 Å². The minimum Gasteiger partial charge on any atom is -0.545 e. The fourth-order valence-corrected chi connectivity index (χ4v) is 2.92. The molecule has 20 heavy (non-hydrogen) atoms. The van der Waals surface area contributed by atoms with Gasteiger partial charge in [0, 0.05) is 9.26 Å². The van der Waals surface area contributed by atoms with Gasteiger partial charge in [0.25, 0.3) is 10.0 Å². The summed E-state index contributed by atoms with van der Waals surface area (Å²) in [4.78, 5) is 10.6. The maximum Gasteiger partial charge on any atom is 0.261 e. The van der Waals surface area contributed by atoms with Crippen molar-refractivity contribution in [2.24, 2.45) is 0 Å². The number of hydrogen-bond acceptors (Lipinski definition) is 4. The summed E-state index contributed by atoms with van der Waals surface area (Å²) in [7, 11) is -3.73. The molecule has 0 atom stereocenters. The quantitative estimate of drug-likeness (QED) is 0.785. The number of aromatic carboxylic acids is 1. The third kappa shape index (κ3) is 3.48. The molecular weight excluding hydrogens is 393 g/mol. The highest BCUT2D eigenvalue weighted by molar-refractivity contribution is 14.1. The van der Waals surface area contributed by atoms with E-state index in [9.17, 15) is 18.3 Å². The minimum atomic E-state index is -3.73. The lowest BCUT2D eigenvalue weighted by Crippen LogP contribution is -2.22. The lowest BCUT2D eigenvalue weighted by Gasteiger charge is -2.09. The fraction of sp³-hybridized carbons (Fsp3) is 0. The van der Waals surface area contributed by atoms with Crippen molar-refractivity contribution in [3.05, 3.63) is 57.7 Å². The maximum absolute atomic E-state index is 12.1. The maximum atomic E-state index is 12.1. The molecule has 0 spiro atoms. The van der Waals surface area contributed by atoms with Gasteiger partial charge >= 0.3 is 0 Å². The molecule has 5 nitrogen and oxygen atoms in total. The summed E-state index contributed by atoms with van der Waals surface area (Å²) in [6.45, 7) is 0. The first-order chi connectivity index (χ1) is 9.38. The van der Waals surface area contributed by atoms with E-state index in [1.807, 2.05) is 0 Å². The molecular formula is C13H9INO4S-. The Hall–Kier alpha value is -1.61. The van der Waals surface area contributed by atoms with E-state index in [1.54, 1.807) is 24.3 Å². The Balaban J connectivity index is 2.26. The van der Waals surface area contributed by atoms with Crippen LogP contribution in [0.5, 0.6) is 0 Å². The zero-order valence-corrected chi connectivity index (χ0v) is 13.0. The number of carboxylic acid groups (broad SMARTS) is 1. The normalized spacial score (nSPS) is 11.1. The number of benzene rings is 2. The van der Waals surface area contributed by atoms with E-state index in [2.05, 4.69) is 27.3 Å².